The number of hydrogen-bond acceptors (Lipinski definition) is 4. The molecule has 3 rings (SSSR count). The third-order valence-electron chi connectivity index (χ3n) is 5.19. The van der Waals surface area contributed by atoms with Gasteiger partial charge in [-0.2, -0.15) is 0 Å². The Morgan fingerprint density at radius 3 is 2.56 bits per heavy atom. The van der Waals surface area contributed by atoms with Crippen LogP contribution in [0.2, 0.25) is 0 Å². The van der Waals surface area contributed by atoms with Gasteiger partial charge in [0.15, 0.2) is 0 Å². The molecule has 0 spiro atoms. The van der Waals surface area contributed by atoms with Gasteiger partial charge in [0.05, 0.1) is 5.56 Å². The molecule has 0 atom stereocenters. The first-order chi connectivity index (χ1) is 12.1. The van der Waals surface area contributed by atoms with Crippen molar-refractivity contribution in [2.75, 3.05) is 39.3 Å². The molecule has 1 aromatic rings. The summed E-state index contributed by atoms with van der Waals surface area (Å²) in [6.07, 6.45) is 3.23. The highest BCUT2D eigenvalue weighted by molar-refractivity contribution is 5.89. The normalized spacial score (nSPS) is 18.7. The third kappa shape index (κ3) is 4.18. The molecule has 1 heterocycles. The fourth-order valence-corrected chi connectivity index (χ4v) is 3.26. The topological polar surface area (TPSA) is 49.9 Å². The second kappa shape index (κ2) is 7.95. The summed E-state index contributed by atoms with van der Waals surface area (Å²) in [7, 11) is 0. The number of halogens is 1. The molecule has 1 aliphatic carbocycles. The van der Waals surface area contributed by atoms with Crippen LogP contribution in [0.4, 0.5) is 4.39 Å². The molecule has 136 valence electrons. The van der Waals surface area contributed by atoms with Crippen molar-refractivity contribution >= 4 is 11.9 Å². The number of ether oxygens (including phenoxy) is 1. The number of amides is 1. The minimum atomic E-state index is -0.625. The zero-order valence-electron chi connectivity index (χ0n) is 14.7. The van der Waals surface area contributed by atoms with E-state index in [0.29, 0.717) is 18.0 Å². The van der Waals surface area contributed by atoms with Crippen LogP contribution in [0.25, 0.3) is 0 Å². The Bertz CT molecular complexity index is 638. The molecule has 0 aromatic heterocycles. The second-order valence-electron chi connectivity index (χ2n) is 6.87. The lowest BCUT2D eigenvalue weighted by Crippen LogP contribution is -2.51. The number of aryl methyl sites for hydroxylation is 1. The highest BCUT2D eigenvalue weighted by Crippen LogP contribution is 2.28. The van der Waals surface area contributed by atoms with Crippen LogP contribution in [0.3, 0.4) is 0 Å². The highest BCUT2D eigenvalue weighted by atomic mass is 19.1. The first-order valence-electron chi connectivity index (χ1n) is 8.99. The van der Waals surface area contributed by atoms with Gasteiger partial charge in [0, 0.05) is 38.6 Å². The maximum absolute atomic E-state index is 13.9. The van der Waals surface area contributed by atoms with E-state index in [2.05, 4.69) is 4.90 Å². The summed E-state index contributed by atoms with van der Waals surface area (Å²) in [4.78, 5) is 28.3. The summed E-state index contributed by atoms with van der Waals surface area (Å²) < 4.78 is 19.1. The van der Waals surface area contributed by atoms with Crippen LogP contribution < -0.4 is 0 Å². The Morgan fingerprint density at radius 2 is 1.92 bits per heavy atom. The van der Waals surface area contributed by atoms with E-state index >= 15 is 0 Å². The van der Waals surface area contributed by atoms with Gasteiger partial charge in [0.25, 0.3) is 0 Å². The number of carbonyl (C=O) groups excluding carboxylic acids is 2. The molecule has 1 amide bonds. The van der Waals surface area contributed by atoms with E-state index in [9.17, 15) is 14.0 Å². The first kappa shape index (κ1) is 17.9. The lowest BCUT2D eigenvalue weighted by Gasteiger charge is -2.38. The van der Waals surface area contributed by atoms with Crippen molar-refractivity contribution in [3.63, 3.8) is 0 Å². The van der Waals surface area contributed by atoms with E-state index in [-0.39, 0.29) is 18.1 Å². The van der Waals surface area contributed by atoms with Crippen molar-refractivity contribution in [2.24, 2.45) is 5.92 Å². The van der Waals surface area contributed by atoms with Gasteiger partial charge < -0.3 is 9.64 Å². The SMILES string of the molecule is Cc1cccc(C(=O)OCCN2CCN(C(=O)C3CCC3)CC2)c1F. The molecule has 5 nitrogen and oxygen atoms in total. The van der Waals surface area contributed by atoms with Gasteiger partial charge in [0.2, 0.25) is 5.91 Å². The Kier molecular flexibility index (Phi) is 5.68. The van der Waals surface area contributed by atoms with Gasteiger partial charge in [-0.05, 0) is 31.4 Å². The van der Waals surface area contributed by atoms with E-state index in [4.69, 9.17) is 4.74 Å². The first-order valence-corrected chi connectivity index (χ1v) is 8.99. The molecule has 1 saturated carbocycles. The molecule has 0 N–H and O–H groups in total. The fraction of sp³-hybridized carbons (Fsp3) is 0.579. The third-order valence-corrected chi connectivity index (χ3v) is 5.19. The predicted octanol–water partition coefficient (Wildman–Crippen LogP) is 2.24. The molecule has 1 saturated heterocycles. The molecule has 6 heteroatoms. The molecule has 1 aromatic carbocycles. The van der Waals surface area contributed by atoms with Gasteiger partial charge >= 0.3 is 5.97 Å². The molecule has 2 fully saturated rings. The Balaban J connectivity index is 1.39. The predicted molar refractivity (Wildman–Crippen MR) is 91.8 cm³/mol. The maximum atomic E-state index is 13.9. The zero-order valence-corrected chi connectivity index (χ0v) is 14.7. The van der Waals surface area contributed by atoms with Crippen LogP contribution in [-0.4, -0.2) is 61.0 Å². The summed E-state index contributed by atoms with van der Waals surface area (Å²) in [5.41, 5.74) is 0.414. The average Bonchev–Trinajstić information content (AvgIpc) is 2.56. The van der Waals surface area contributed by atoms with Crippen molar-refractivity contribution in [1.29, 1.82) is 0 Å². The van der Waals surface area contributed by atoms with Gasteiger partial charge in [0.1, 0.15) is 12.4 Å². The van der Waals surface area contributed by atoms with Crippen LogP contribution in [-0.2, 0) is 9.53 Å². The second-order valence-corrected chi connectivity index (χ2v) is 6.87. The fourth-order valence-electron chi connectivity index (χ4n) is 3.26. The number of rotatable bonds is 5. The monoisotopic (exact) mass is 348 g/mol. The van der Waals surface area contributed by atoms with Crippen LogP contribution in [0.1, 0.15) is 35.2 Å². The summed E-state index contributed by atoms with van der Waals surface area (Å²) in [6, 6.07) is 4.71. The number of piperazine rings is 1. The van der Waals surface area contributed by atoms with Crippen molar-refractivity contribution in [3.8, 4) is 0 Å². The van der Waals surface area contributed by atoms with Gasteiger partial charge in [-0.3, -0.25) is 9.69 Å². The maximum Gasteiger partial charge on any atom is 0.341 e. The van der Waals surface area contributed by atoms with Crippen LogP contribution >= 0.6 is 0 Å². The molecule has 25 heavy (non-hydrogen) atoms. The molecule has 1 aliphatic heterocycles. The minimum Gasteiger partial charge on any atom is -0.461 e. The smallest absolute Gasteiger partial charge is 0.341 e. The average molecular weight is 348 g/mol. The summed E-state index contributed by atoms with van der Waals surface area (Å²) in [6.45, 7) is 5.49. The number of carbonyl (C=O) groups is 2. The number of benzene rings is 1. The van der Waals surface area contributed by atoms with E-state index in [1.807, 2.05) is 4.90 Å². The lowest BCUT2D eigenvalue weighted by atomic mass is 9.84. The summed E-state index contributed by atoms with van der Waals surface area (Å²) >= 11 is 0. The largest absolute Gasteiger partial charge is 0.461 e. The lowest BCUT2D eigenvalue weighted by molar-refractivity contribution is -0.140. The summed E-state index contributed by atoms with van der Waals surface area (Å²) in [5, 5.41) is 0. The van der Waals surface area contributed by atoms with E-state index in [1.165, 1.54) is 12.5 Å². The van der Waals surface area contributed by atoms with Gasteiger partial charge in [-0.15, -0.1) is 0 Å². The Morgan fingerprint density at radius 1 is 1.20 bits per heavy atom. The van der Waals surface area contributed by atoms with Crippen molar-refractivity contribution in [1.82, 2.24) is 9.80 Å². The Hall–Kier alpha value is -1.95. The van der Waals surface area contributed by atoms with E-state index in [1.54, 1.807) is 19.1 Å². The highest BCUT2D eigenvalue weighted by Gasteiger charge is 2.31. The Labute approximate surface area is 147 Å². The number of esters is 1. The van der Waals surface area contributed by atoms with Gasteiger partial charge in [-0.1, -0.05) is 18.6 Å². The van der Waals surface area contributed by atoms with Crippen molar-refractivity contribution < 1.29 is 18.7 Å². The molecule has 0 bridgehead atoms. The zero-order chi connectivity index (χ0) is 17.8. The molecule has 0 unspecified atom stereocenters. The molecular formula is C19H25FN2O3. The molecular weight excluding hydrogens is 323 g/mol. The van der Waals surface area contributed by atoms with Crippen LogP contribution in [0, 0.1) is 18.7 Å². The minimum absolute atomic E-state index is 0.0177. The molecule has 2 aliphatic rings. The standard InChI is InChI=1S/C19H25FN2O3/c1-14-4-2-7-16(17(14)20)19(24)25-13-12-21-8-10-22(11-9-21)18(23)15-5-3-6-15/h2,4,7,15H,3,5-6,8-13H2,1H3. The molecule has 0 radical (unpaired) electrons. The van der Waals surface area contributed by atoms with Gasteiger partial charge in [-0.25, -0.2) is 9.18 Å². The van der Waals surface area contributed by atoms with Crippen LogP contribution in [0.5, 0.6) is 0 Å². The van der Waals surface area contributed by atoms with Crippen LogP contribution in [0.15, 0.2) is 18.2 Å². The van der Waals surface area contributed by atoms with E-state index < -0.39 is 11.8 Å². The van der Waals surface area contributed by atoms with Crippen molar-refractivity contribution in [2.45, 2.75) is 26.2 Å². The number of nitrogens with zero attached hydrogens (tertiary/aromatic N) is 2. The number of hydrogen-bond donors (Lipinski definition) is 0. The van der Waals surface area contributed by atoms with Crippen molar-refractivity contribution in [3.05, 3.63) is 35.1 Å². The quantitative estimate of drug-likeness (QED) is 0.766. The summed E-state index contributed by atoms with van der Waals surface area (Å²) in [5.74, 6) is -0.598. The van der Waals surface area contributed by atoms with E-state index in [0.717, 1.165) is 39.0 Å².